The van der Waals surface area contributed by atoms with Crippen molar-refractivity contribution in [3.63, 3.8) is 0 Å². The lowest BCUT2D eigenvalue weighted by molar-refractivity contribution is 0.420. The van der Waals surface area contributed by atoms with E-state index in [-0.39, 0.29) is 11.2 Å². The molecule has 0 saturated carbocycles. The second-order valence-electron chi connectivity index (χ2n) is 3.87. The van der Waals surface area contributed by atoms with E-state index >= 15 is 0 Å². The van der Waals surface area contributed by atoms with Crippen molar-refractivity contribution in [2.45, 2.75) is 26.7 Å². The first-order chi connectivity index (χ1) is 6.59. The third-order valence-electron chi connectivity index (χ3n) is 2.56. The van der Waals surface area contributed by atoms with E-state index in [1.165, 1.54) is 0 Å². The van der Waals surface area contributed by atoms with Crippen molar-refractivity contribution in [1.29, 1.82) is 5.26 Å². The van der Waals surface area contributed by atoms with Gasteiger partial charge in [0.05, 0.1) is 11.5 Å². The summed E-state index contributed by atoms with van der Waals surface area (Å²) in [6.07, 6.45) is 1.51. The van der Waals surface area contributed by atoms with Gasteiger partial charge in [0.15, 0.2) is 0 Å². The maximum absolute atomic E-state index is 9.27. The Morgan fingerprint density at radius 1 is 1.50 bits per heavy atom. The first-order valence-electron chi connectivity index (χ1n) is 4.79. The van der Waals surface area contributed by atoms with E-state index in [0.29, 0.717) is 6.42 Å². The molecular formula is C12H15NO. The molecular weight excluding hydrogens is 174 g/mol. The lowest BCUT2D eigenvalue weighted by Gasteiger charge is -2.19. The summed E-state index contributed by atoms with van der Waals surface area (Å²) >= 11 is 0. The maximum atomic E-state index is 9.27. The molecule has 2 heteroatoms. The van der Waals surface area contributed by atoms with Gasteiger partial charge in [0.1, 0.15) is 5.75 Å². The van der Waals surface area contributed by atoms with Crippen LogP contribution in [0.2, 0.25) is 0 Å². The van der Waals surface area contributed by atoms with Crippen molar-refractivity contribution in [1.82, 2.24) is 0 Å². The number of rotatable bonds is 3. The predicted molar refractivity (Wildman–Crippen MR) is 55.8 cm³/mol. The molecule has 0 saturated heterocycles. The SMILES string of the molecule is CCC(C)(C#N)Cc1cccc(O)c1. The zero-order valence-electron chi connectivity index (χ0n) is 8.62. The maximum Gasteiger partial charge on any atom is 0.115 e. The van der Waals surface area contributed by atoms with E-state index in [0.717, 1.165) is 12.0 Å². The Morgan fingerprint density at radius 3 is 2.71 bits per heavy atom. The third-order valence-corrected chi connectivity index (χ3v) is 2.56. The van der Waals surface area contributed by atoms with Gasteiger partial charge in [0.25, 0.3) is 0 Å². The van der Waals surface area contributed by atoms with Crippen LogP contribution in [0.3, 0.4) is 0 Å². The van der Waals surface area contributed by atoms with E-state index in [1.807, 2.05) is 19.9 Å². The highest BCUT2D eigenvalue weighted by molar-refractivity contribution is 5.28. The summed E-state index contributed by atoms with van der Waals surface area (Å²) < 4.78 is 0. The summed E-state index contributed by atoms with van der Waals surface area (Å²) in [7, 11) is 0. The first kappa shape index (κ1) is 10.6. The van der Waals surface area contributed by atoms with E-state index in [1.54, 1.807) is 18.2 Å². The number of hydrogen-bond donors (Lipinski definition) is 1. The average Bonchev–Trinajstić information content (AvgIpc) is 2.18. The Hall–Kier alpha value is -1.49. The standard InChI is InChI=1S/C12H15NO/c1-3-12(2,9-13)8-10-5-4-6-11(14)7-10/h4-7,14H,3,8H2,1-2H3. The van der Waals surface area contributed by atoms with Crippen molar-refractivity contribution in [3.05, 3.63) is 29.8 Å². The lowest BCUT2D eigenvalue weighted by atomic mass is 9.83. The van der Waals surface area contributed by atoms with E-state index in [9.17, 15) is 5.11 Å². The molecule has 1 atom stereocenters. The Balaban J connectivity index is 2.84. The topological polar surface area (TPSA) is 44.0 Å². The number of phenolic OH excluding ortho intramolecular Hbond substituents is 1. The molecule has 0 aliphatic rings. The third kappa shape index (κ3) is 2.50. The van der Waals surface area contributed by atoms with Crippen molar-refractivity contribution in [3.8, 4) is 11.8 Å². The molecule has 2 nitrogen and oxygen atoms in total. The number of nitrogens with zero attached hydrogens (tertiary/aromatic N) is 1. The van der Waals surface area contributed by atoms with Crippen molar-refractivity contribution >= 4 is 0 Å². The van der Waals surface area contributed by atoms with Crippen molar-refractivity contribution < 1.29 is 5.11 Å². The van der Waals surface area contributed by atoms with Gasteiger partial charge in [-0.15, -0.1) is 0 Å². The molecule has 1 aromatic carbocycles. The van der Waals surface area contributed by atoms with Gasteiger partial charge in [0, 0.05) is 0 Å². The van der Waals surface area contributed by atoms with Crippen molar-refractivity contribution in [2.24, 2.45) is 5.41 Å². The van der Waals surface area contributed by atoms with Crippen LogP contribution in [-0.4, -0.2) is 5.11 Å². The molecule has 1 aromatic rings. The fraction of sp³-hybridized carbons (Fsp3) is 0.417. The Kier molecular flexibility index (Phi) is 3.14. The minimum absolute atomic E-state index is 0.263. The zero-order chi connectivity index (χ0) is 10.6. The number of phenols is 1. The summed E-state index contributed by atoms with van der Waals surface area (Å²) in [5.41, 5.74) is 0.684. The van der Waals surface area contributed by atoms with Gasteiger partial charge in [-0.05, 0) is 37.5 Å². The van der Waals surface area contributed by atoms with Gasteiger partial charge in [-0.1, -0.05) is 19.1 Å². The van der Waals surface area contributed by atoms with E-state index in [2.05, 4.69) is 6.07 Å². The highest BCUT2D eigenvalue weighted by Crippen LogP contribution is 2.26. The Labute approximate surface area is 84.8 Å². The van der Waals surface area contributed by atoms with Crippen LogP contribution in [0.25, 0.3) is 0 Å². The largest absolute Gasteiger partial charge is 0.508 e. The Morgan fingerprint density at radius 2 is 2.21 bits per heavy atom. The van der Waals surface area contributed by atoms with Gasteiger partial charge in [-0.2, -0.15) is 5.26 Å². The second-order valence-corrected chi connectivity index (χ2v) is 3.87. The minimum Gasteiger partial charge on any atom is -0.508 e. The molecule has 0 amide bonds. The quantitative estimate of drug-likeness (QED) is 0.794. The highest BCUT2D eigenvalue weighted by atomic mass is 16.3. The van der Waals surface area contributed by atoms with Crippen LogP contribution in [0.5, 0.6) is 5.75 Å². The number of nitriles is 1. The minimum atomic E-state index is -0.326. The molecule has 0 spiro atoms. The summed E-state index contributed by atoms with van der Waals surface area (Å²) in [5, 5.41) is 18.3. The van der Waals surface area contributed by atoms with E-state index in [4.69, 9.17) is 5.26 Å². The fourth-order valence-corrected chi connectivity index (χ4v) is 1.36. The molecule has 74 valence electrons. The number of benzene rings is 1. The molecule has 0 heterocycles. The molecule has 1 unspecified atom stereocenters. The van der Waals surface area contributed by atoms with Gasteiger partial charge >= 0.3 is 0 Å². The summed E-state index contributed by atoms with van der Waals surface area (Å²) in [6.45, 7) is 3.95. The molecule has 0 radical (unpaired) electrons. The molecule has 14 heavy (non-hydrogen) atoms. The summed E-state index contributed by atoms with van der Waals surface area (Å²) in [5.74, 6) is 0.263. The van der Waals surface area contributed by atoms with Gasteiger partial charge in [-0.3, -0.25) is 0 Å². The molecule has 1 N–H and O–H groups in total. The molecule has 0 bridgehead atoms. The normalized spacial score (nSPS) is 14.4. The molecule has 0 aromatic heterocycles. The van der Waals surface area contributed by atoms with Crippen LogP contribution < -0.4 is 0 Å². The number of hydrogen-bond acceptors (Lipinski definition) is 2. The van der Waals surface area contributed by atoms with Gasteiger partial charge < -0.3 is 5.11 Å². The first-order valence-corrected chi connectivity index (χ1v) is 4.79. The molecule has 0 aliphatic carbocycles. The van der Waals surface area contributed by atoms with Crippen molar-refractivity contribution in [2.75, 3.05) is 0 Å². The molecule has 1 rings (SSSR count). The van der Waals surface area contributed by atoms with Crippen LogP contribution in [0, 0.1) is 16.7 Å². The van der Waals surface area contributed by atoms with Crippen LogP contribution in [0.15, 0.2) is 24.3 Å². The van der Waals surface area contributed by atoms with Crippen LogP contribution >= 0.6 is 0 Å². The average molecular weight is 189 g/mol. The van der Waals surface area contributed by atoms with Crippen LogP contribution in [0.4, 0.5) is 0 Å². The second kappa shape index (κ2) is 4.15. The molecule has 0 aliphatic heterocycles. The smallest absolute Gasteiger partial charge is 0.115 e. The summed E-state index contributed by atoms with van der Waals surface area (Å²) in [6, 6.07) is 9.41. The zero-order valence-corrected chi connectivity index (χ0v) is 8.62. The van der Waals surface area contributed by atoms with Crippen LogP contribution in [0.1, 0.15) is 25.8 Å². The van der Waals surface area contributed by atoms with Gasteiger partial charge in [0.2, 0.25) is 0 Å². The highest BCUT2D eigenvalue weighted by Gasteiger charge is 2.21. The summed E-state index contributed by atoms with van der Waals surface area (Å²) in [4.78, 5) is 0. The molecule has 0 fully saturated rings. The predicted octanol–water partition coefficient (Wildman–Crippen LogP) is 2.87. The Bertz CT molecular complexity index is 354. The monoisotopic (exact) mass is 189 g/mol. The van der Waals surface area contributed by atoms with Gasteiger partial charge in [-0.25, -0.2) is 0 Å². The van der Waals surface area contributed by atoms with E-state index < -0.39 is 0 Å². The number of aromatic hydroxyl groups is 1. The lowest BCUT2D eigenvalue weighted by Crippen LogP contribution is -2.15. The fourth-order valence-electron chi connectivity index (χ4n) is 1.36. The van der Waals surface area contributed by atoms with Crippen LogP contribution in [-0.2, 0) is 6.42 Å².